The molecule has 0 aromatic carbocycles. The normalized spacial score (nSPS) is 20.7. The number of aliphatic carboxylic acids is 1. The van der Waals surface area contributed by atoms with E-state index < -0.39 is 11.5 Å². The van der Waals surface area contributed by atoms with Crippen molar-refractivity contribution < 1.29 is 14.6 Å². The third-order valence-electron chi connectivity index (χ3n) is 3.69. The number of methoxy groups -OCH3 is 1. The Hall–Kier alpha value is -0.610. The summed E-state index contributed by atoms with van der Waals surface area (Å²) in [6.45, 7) is 1.27. The predicted octanol–water partition coefficient (Wildman–Crippen LogP) is 1.74. The highest BCUT2D eigenvalue weighted by Gasteiger charge is 2.41. The molecule has 0 aliphatic heterocycles. The second kappa shape index (κ2) is 6.21. The maximum atomic E-state index is 11.6. The van der Waals surface area contributed by atoms with Crippen molar-refractivity contribution >= 4 is 5.97 Å². The Morgan fingerprint density at radius 3 is 2.31 bits per heavy atom. The van der Waals surface area contributed by atoms with Crippen LogP contribution in [0.2, 0.25) is 0 Å². The number of carbonyl (C=O) groups is 1. The number of carboxylic acid groups (broad SMARTS) is 1. The monoisotopic (exact) mass is 229 g/mol. The maximum absolute atomic E-state index is 11.6. The molecule has 0 spiro atoms. The van der Waals surface area contributed by atoms with Gasteiger partial charge in [-0.05, 0) is 19.9 Å². The highest BCUT2D eigenvalue weighted by molar-refractivity contribution is 5.78. The molecule has 1 rings (SSSR count). The molecule has 0 aromatic rings. The standard InChI is InChI=1S/C12H23NO3/c1-13(9-10-16-2)12(11(14)15)7-5-3-4-6-8-12/h3-10H2,1-2H3,(H,14,15). The van der Waals surface area contributed by atoms with Crippen LogP contribution in [-0.2, 0) is 9.53 Å². The molecule has 16 heavy (non-hydrogen) atoms. The van der Waals surface area contributed by atoms with Gasteiger partial charge in [-0.3, -0.25) is 9.69 Å². The summed E-state index contributed by atoms with van der Waals surface area (Å²) in [5.74, 6) is -0.673. The van der Waals surface area contributed by atoms with Crippen molar-refractivity contribution in [2.45, 2.75) is 44.1 Å². The zero-order chi connectivity index (χ0) is 12.0. The lowest BCUT2D eigenvalue weighted by molar-refractivity contribution is -0.152. The van der Waals surface area contributed by atoms with E-state index in [9.17, 15) is 9.90 Å². The molecule has 94 valence electrons. The Kier molecular flexibility index (Phi) is 5.22. The van der Waals surface area contributed by atoms with E-state index in [0.29, 0.717) is 13.2 Å². The molecule has 1 aliphatic carbocycles. The van der Waals surface area contributed by atoms with Crippen molar-refractivity contribution in [3.63, 3.8) is 0 Å². The second-order valence-electron chi connectivity index (χ2n) is 4.67. The van der Waals surface area contributed by atoms with Crippen molar-refractivity contribution in [3.05, 3.63) is 0 Å². The topological polar surface area (TPSA) is 49.8 Å². The van der Waals surface area contributed by atoms with Crippen molar-refractivity contribution in [1.29, 1.82) is 0 Å². The number of nitrogens with zero attached hydrogens (tertiary/aromatic N) is 1. The first-order valence-corrected chi connectivity index (χ1v) is 6.07. The van der Waals surface area contributed by atoms with Gasteiger partial charge in [-0.15, -0.1) is 0 Å². The third-order valence-corrected chi connectivity index (χ3v) is 3.69. The van der Waals surface area contributed by atoms with Crippen LogP contribution in [0.3, 0.4) is 0 Å². The number of hydrogen-bond donors (Lipinski definition) is 1. The van der Waals surface area contributed by atoms with Gasteiger partial charge in [0.15, 0.2) is 0 Å². The Morgan fingerprint density at radius 1 is 1.31 bits per heavy atom. The average Bonchev–Trinajstić information content (AvgIpc) is 2.52. The summed E-state index contributed by atoms with van der Waals surface area (Å²) in [5, 5.41) is 9.50. The number of rotatable bonds is 5. The van der Waals surface area contributed by atoms with Crippen LogP contribution in [-0.4, -0.2) is 48.8 Å². The van der Waals surface area contributed by atoms with E-state index in [1.165, 1.54) is 0 Å². The molecule has 0 atom stereocenters. The van der Waals surface area contributed by atoms with E-state index in [-0.39, 0.29) is 0 Å². The fourth-order valence-electron chi connectivity index (χ4n) is 2.51. The molecule has 0 aromatic heterocycles. The summed E-state index contributed by atoms with van der Waals surface area (Å²) >= 11 is 0. The summed E-state index contributed by atoms with van der Waals surface area (Å²) in [5.41, 5.74) is -0.658. The van der Waals surface area contributed by atoms with Crippen molar-refractivity contribution in [1.82, 2.24) is 4.90 Å². The molecule has 4 nitrogen and oxygen atoms in total. The molecule has 1 fully saturated rings. The zero-order valence-corrected chi connectivity index (χ0v) is 10.4. The van der Waals surface area contributed by atoms with Gasteiger partial charge in [0.1, 0.15) is 5.54 Å². The summed E-state index contributed by atoms with van der Waals surface area (Å²) in [4.78, 5) is 13.5. The Balaban J connectivity index is 2.72. The van der Waals surface area contributed by atoms with Crippen LogP contribution < -0.4 is 0 Å². The molecule has 1 N–H and O–H groups in total. The summed E-state index contributed by atoms with van der Waals surface area (Å²) < 4.78 is 5.02. The fraction of sp³-hybridized carbons (Fsp3) is 0.917. The number of carboxylic acids is 1. The van der Waals surface area contributed by atoms with Crippen LogP contribution in [0.25, 0.3) is 0 Å². The van der Waals surface area contributed by atoms with E-state index >= 15 is 0 Å². The van der Waals surface area contributed by atoms with Gasteiger partial charge in [0, 0.05) is 13.7 Å². The molecule has 0 amide bonds. The minimum atomic E-state index is -0.673. The van der Waals surface area contributed by atoms with E-state index in [1.807, 2.05) is 11.9 Å². The van der Waals surface area contributed by atoms with Gasteiger partial charge in [-0.1, -0.05) is 25.7 Å². The number of hydrogen-bond acceptors (Lipinski definition) is 3. The lowest BCUT2D eigenvalue weighted by Gasteiger charge is -2.37. The van der Waals surface area contributed by atoms with Gasteiger partial charge in [0.2, 0.25) is 0 Å². The molecule has 0 heterocycles. The van der Waals surface area contributed by atoms with Crippen LogP contribution in [0.4, 0.5) is 0 Å². The largest absolute Gasteiger partial charge is 0.480 e. The Morgan fingerprint density at radius 2 is 1.88 bits per heavy atom. The molecule has 0 unspecified atom stereocenters. The quantitative estimate of drug-likeness (QED) is 0.730. The number of likely N-dealkylation sites (N-methyl/N-ethyl adjacent to an activating group) is 1. The molecule has 0 radical (unpaired) electrons. The molecule has 4 heteroatoms. The molecule has 1 aliphatic rings. The second-order valence-corrected chi connectivity index (χ2v) is 4.67. The molecular weight excluding hydrogens is 206 g/mol. The highest BCUT2D eigenvalue weighted by Crippen LogP contribution is 2.32. The summed E-state index contributed by atoms with van der Waals surface area (Å²) in [6.07, 6.45) is 5.89. The van der Waals surface area contributed by atoms with E-state index in [2.05, 4.69) is 0 Å². The first kappa shape index (κ1) is 13.5. The van der Waals surface area contributed by atoms with E-state index in [0.717, 1.165) is 38.5 Å². The van der Waals surface area contributed by atoms with Crippen molar-refractivity contribution in [2.75, 3.05) is 27.3 Å². The van der Waals surface area contributed by atoms with Gasteiger partial charge < -0.3 is 9.84 Å². The van der Waals surface area contributed by atoms with E-state index in [4.69, 9.17) is 4.74 Å². The van der Waals surface area contributed by atoms with Crippen molar-refractivity contribution in [3.8, 4) is 0 Å². The first-order chi connectivity index (χ1) is 7.63. The van der Waals surface area contributed by atoms with Gasteiger partial charge >= 0.3 is 5.97 Å². The highest BCUT2D eigenvalue weighted by atomic mass is 16.5. The zero-order valence-electron chi connectivity index (χ0n) is 10.4. The molecule has 0 saturated heterocycles. The van der Waals surface area contributed by atoms with Crippen LogP contribution in [0, 0.1) is 0 Å². The van der Waals surface area contributed by atoms with Crippen molar-refractivity contribution in [2.24, 2.45) is 0 Å². The molecule has 1 saturated carbocycles. The van der Waals surface area contributed by atoms with Gasteiger partial charge in [0.25, 0.3) is 0 Å². The Bertz CT molecular complexity index is 222. The average molecular weight is 229 g/mol. The number of ether oxygens (including phenoxy) is 1. The van der Waals surface area contributed by atoms with Gasteiger partial charge in [0.05, 0.1) is 6.61 Å². The first-order valence-electron chi connectivity index (χ1n) is 6.07. The fourth-order valence-corrected chi connectivity index (χ4v) is 2.51. The molecular formula is C12H23NO3. The van der Waals surface area contributed by atoms with Crippen LogP contribution in [0.5, 0.6) is 0 Å². The van der Waals surface area contributed by atoms with Crippen LogP contribution in [0.15, 0.2) is 0 Å². The van der Waals surface area contributed by atoms with Gasteiger partial charge in [-0.25, -0.2) is 0 Å². The minimum absolute atomic E-state index is 0.589. The predicted molar refractivity (Wildman–Crippen MR) is 62.6 cm³/mol. The maximum Gasteiger partial charge on any atom is 0.324 e. The van der Waals surface area contributed by atoms with E-state index in [1.54, 1.807) is 7.11 Å². The third kappa shape index (κ3) is 2.95. The Labute approximate surface area is 97.6 Å². The lowest BCUT2D eigenvalue weighted by atomic mass is 9.88. The molecule has 0 bridgehead atoms. The minimum Gasteiger partial charge on any atom is -0.480 e. The van der Waals surface area contributed by atoms with Crippen LogP contribution >= 0.6 is 0 Å². The smallest absolute Gasteiger partial charge is 0.324 e. The summed E-state index contributed by atoms with van der Waals surface area (Å²) in [7, 11) is 3.55. The van der Waals surface area contributed by atoms with Gasteiger partial charge in [-0.2, -0.15) is 0 Å². The van der Waals surface area contributed by atoms with Crippen LogP contribution in [0.1, 0.15) is 38.5 Å². The lowest BCUT2D eigenvalue weighted by Crippen LogP contribution is -2.53. The summed E-state index contributed by atoms with van der Waals surface area (Å²) in [6, 6.07) is 0. The SMILES string of the molecule is COCCN(C)C1(C(=O)O)CCCCCC1.